The molecule has 0 bridgehead atoms. The molecule has 1 saturated heterocycles. The van der Waals surface area contributed by atoms with Crippen molar-refractivity contribution in [2.45, 2.75) is 11.3 Å². The third-order valence-corrected chi connectivity index (χ3v) is 5.12. The maximum absolute atomic E-state index is 11.9. The number of rotatable bonds is 3. The molecule has 0 radical (unpaired) electrons. The van der Waals surface area contributed by atoms with Crippen molar-refractivity contribution in [3.8, 4) is 5.75 Å². The van der Waals surface area contributed by atoms with E-state index in [1.807, 2.05) is 0 Å². The van der Waals surface area contributed by atoms with Crippen LogP contribution in [-0.2, 0) is 14.6 Å². The first kappa shape index (κ1) is 14.3. The Bertz CT molecular complexity index is 614. The van der Waals surface area contributed by atoms with Crippen LogP contribution < -0.4 is 4.90 Å². The van der Waals surface area contributed by atoms with Crippen molar-refractivity contribution in [1.29, 1.82) is 0 Å². The number of halogens is 1. The van der Waals surface area contributed by atoms with Gasteiger partial charge in [0.05, 0.1) is 10.6 Å². The van der Waals surface area contributed by atoms with Crippen LogP contribution in [0.25, 0.3) is 0 Å². The number of hydrogen-bond donors (Lipinski definition) is 1. The highest BCUT2D eigenvalue weighted by atomic mass is 79.9. The van der Waals surface area contributed by atoms with E-state index in [0.29, 0.717) is 18.3 Å². The summed E-state index contributed by atoms with van der Waals surface area (Å²) in [4.78, 5) is 13.4. The number of hydrogen-bond acceptors (Lipinski definition) is 4. The lowest BCUT2D eigenvalue weighted by Gasteiger charge is -2.18. The van der Waals surface area contributed by atoms with Crippen LogP contribution >= 0.6 is 15.9 Å². The Kier molecular flexibility index (Phi) is 3.87. The Morgan fingerprint density at radius 1 is 1.47 bits per heavy atom. The molecule has 1 N–H and O–H groups in total. The molecule has 0 spiro atoms. The van der Waals surface area contributed by atoms with Crippen LogP contribution in [0.5, 0.6) is 5.75 Å². The van der Waals surface area contributed by atoms with Gasteiger partial charge in [0.15, 0.2) is 9.84 Å². The van der Waals surface area contributed by atoms with Crippen LogP contribution in [-0.4, -0.2) is 37.6 Å². The summed E-state index contributed by atoms with van der Waals surface area (Å²) in [6.45, 7) is 0.477. The van der Waals surface area contributed by atoms with Crippen molar-refractivity contribution < 1.29 is 18.3 Å². The molecule has 1 aliphatic heterocycles. The molecule has 19 heavy (non-hydrogen) atoms. The number of amides is 1. The molecule has 0 aliphatic carbocycles. The Labute approximate surface area is 120 Å². The largest absolute Gasteiger partial charge is 0.506 e. The molecule has 104 valence electrons. The third-order valence-electron chi connectivity index (χ3n) is 3.09. The summed E-state index contributed by atoms with van der Waals surface area (Å²) < 4.78 is 23.0. The Hall–Kier alpha value is -1.08. The predicted octanol–water partition coefficient (Wildman–Crippen LogP) is 1.54. The van der Waals surface area contributed by atoms with Gasteiger partial charge in [-0.15, -0.1) is 0 Å². The summed E-state index contributed by atoms with van der Waals surface area (Å²) in [5, 5.41) is 10.5. The fraction of sp³-hybridized carbons (Fsp3) is 0.417. The van der Waals surface area contributed by atoms with Crippen molar-refractivity contribution in [2.75, 3.05) is 23.0 Å². The van der Waals surface area contributed by atoms with E-state index in [1.165, 1.54) is 23.1 Å². The van der Waals surface area contributed by atoms with E-state index in [0.717, 1.165) is 6.26 Å². The van der Waals surface area contributed by atoms with Crippen LogP contribution in [0.4, 0.5) is 5.69 Å². The number of phenols is 1. The predicted molar refractivity (Wildman–Crippen MR) is 75.5 cm³/mol. The Morgan fingerprint density at radius 3 is 2.68 bits per heavy atom. The van der Waals surface area contributed by atoms with Crippen LogP contribution in [0.15, 0.2) is 23.1 Å². The van der Waals surface area contributed by atoms with Crippen LogP contribution in [0, 0.1) is 5.92 Å². The molecule has 1 aromatic carbocycles. The molecule has 1 aromatic rings. The topological polar surface area (TPSA) is 74.7 Å². The monoisotopic (exact) mass is 347 g/mol. The van der Waals surface area contributed by atoms with E-state index in [-0.39, 0.29) is 28.2 Å². The molecule has 1 aliphatic rings. The molecule has 1 heterocycles. The van der Waals surface area contributed by atoms with Crippen molar-refractivity contribution in [3.05, 3.63) is 18.2 Å². The van der Waals surface area contributed by atoms with Crippen molar-refractivity contribution in [3.63, 3.8) is 0 Å². The summed E-state index contributed by atoms with van der Waals surface area (Å²) >= 11 is 3.33. The first-order valence-corrected chi connectivity index (χ1v) is 8.73. The van der Waals surface area contributed by atoms with Crippen molar-refractivity contribution in [2.24, 2.45) is 5.92 Å². The van der Waals surface area contributed by atoms with Crippen LogP contribution in [0.3, 0.4) is 0 Å². The van der Waals surface area contributed by atoms with Gasteiger partial charge in [0.1, 0.15) is 5.75 Å². The van der Waals surface area contributed by atoms with E-state index in [1.54, 1.807) is 0 Å². The quantitative estimate of drug-likeness (QED) is 0.841. The summed E-state index contributed by atoms with van der Waals surface area (Å²) in [5.74, 6) is -0.0184. The maximum atomic E-state index is 11.9. The first-order chi connectivity index (χ1) is 8.82. The fourth-order valence-corrected chi connectivity index (χ4v) is 3.14. The molecule has 0 saturated carbocycles. The summed E-state index contributed by atoms with van der Waals surface area (Å²) in [6, 6.07) is 3.98. The van der Waals surface area contributed by atoms with Crippen LogP contribution in [0.1, 0.15) is 6.42 Å². The lowest BCUT2D eigenvalue weighted by Crippen LogP contribution is -2.25. The number of phenolic OH excluding ortho intramolecular Hbond substituents is 1. The van der Waals surface area contributed by atoms with Crippen molar-refractivity contribution in [1.82, 2.24) is 0 Å². The molecule has 5 nitrogen and oxygen atoms in total. The van der Waals surface area contributed by atoms with Gasteiger partial charge in [-0.1, -0.05) is 15.9 Å². The number of aromatic hydroxyl groups is 1. The van der Waals surface area contributed by atoms with Gasteiger partial charge < -0.3 is 10.0 Å². The number of carbonyl (C=O) groups excluding carboxylic acids is 1. The summed E-state index contributed by atoms with van der Waals surface area (Å²) in [5.41, 5.74) is 0.261. The van der Waals surface area contributed by atoms with Gasteiger partial charge in [-0.2, -0.15) is 0 Å². The second kappa shape index (κ2) is 5.13. The number of alkyl halides is 1. The van der Waals surface area contributed by atoms with Gasteiger partial charge in [-0.05, 0) is 24.1 Å². The average Bonchev–Trinajstić information content (AvgIpc) is 2.69. The van der Waals surface area contributed by atoms with Crippen LogP contribution in [0.2, 0.25) is 0 Å². The lowest BCUT2D eigenvalue weighted by atomic mass is 10.2. The minimum absolute atomic E-state index is 0.0871. The average molecular weight is 348 g/mol. The number of sulfone groups is 1. The molecule has 1 unspecified atom stereocenters. The molecule has 1 atom stereocenters. The second-order valence-electron chi connectivity index (χ2n) is 4.65. The Balaban J connectivity index is 2.42. The normalized spacial score (nSPS) is 20.0. The number of anilines is 1. The maximum Gasteiger partial charge on any atom is 0.227 e. The van der Waals surface area contributed by atoms with E-state index >= 15 is 0 Å². The summed E-state index contributed by atoms with van der Waals surface area (Å²) in [7, 11) is -3.37. The second-order valence-corrected chi connectivity index (χ2v) is 7.31. The zero-order valence-electron chi connectivity index (χ0n) is 10.3. The molecule has 1 amide bonds. The zero-order valence-corrected chi connectivity index (χ0v) is 12.7. The number of nitrogens with zero attached hydrogens (tertiary/aromatic N) is 1. The van der Waals surface area contributed by atoms with E-state index in [9.17, 15) is 18.3 Å². The van der Waals surface area contributed by atoms with Gasteiger partial charge in [-0.3, -0.25) is 4.79 Å². The third kappa shape index (κ3) is 2.92. The minimum atomic E-state index is -3.37. The minimum Gasteiger partial charge on any atom is -0.506 e. The summed E-state index contributed by atoms with van der Waals surface area (Å²) in [6.07, 6.45) is 1.49. The molecular formula is C12H14BrNO4S. The highest BCUT2D eigenvalue weighted by Crippen LogP contribution is 2.34. The molecule has 7 heteroatoms. The molecule has 0 aromatic heterocycles. The van der Waals surface area contributed by atoms with Gasteiger partial charge in [-0.25, -0.2) is 8.42 Å². The highest BCUT2D eigenvalue weighted by Gasteiger charge is 2.31. The molecule has 1 fully saturated rings. The number of benzene rings is 1. The SMILES string of the molecule is CS(=O)(=O)c1ccc(O)c(N2CC(CBr)CC2=O)c1. The van der Waals surface area contributed by atoms with E-state index in [4.69, 9.17) is 0 Å². The van der Waals surface area contributed by atoms with Gasteiger partial charge >= 0.3 is 0 Å². The van der Waals surface area contributed by atoms with Gasteiger partial charge in [0.2, 0.25) is 5.91 Å². The first-order valence-electron chi connectivity index (χ1n) is 5.72. The molecule has 2 rings (SSSR count). The van der Waals surface area contributed by atoms with Gasteiger partial charge in [0.25, 0.3) is 0 Å². The van der Waals surface area contributed by atoms with E-state index < -0.39 is 9.84 Å². The van der Waals surface area contributed by atoms with Gasteiger partial charge in [0, 0.05) is 24.6 Å². The molecular weight excluding hydrogens is 334 g/mol. The van der Waals surface area contributed by atoms with E-state index in [2.05, 4.69) is 15.9 Å². The van der Waals surface area contributed by atoms with Crippen molar-refractivity contribution >= 4 is 37.4 Å². The standard InChI is InChI=1S/C12H14BrNO4S/c1-19(17,18)9-2-3-11(15)10(5-9)14-7-8(6-13)4-12(14)16/h2-3,5,8,15H,4,6-7H2,1H3. The lowest BCUT2D eigenvalue weighted by molar-refractivity contribution is -0.117. The smallest absolute Gasteiger partial charge is 0.227 e. The Morgan fingerprint density at radius 2 is 2.16 bits per heavy atom. The fourth-order valence-electron chi connectivity index (χ4n) is 2.07. The highest BCUT2D eigenvalue weighted by molar-refractivity contribution is 9.09. The number of carbonyl (C=O) groups is 1. The zero-order chi connectivity index (χ0) is 14.2.